The molecule has 1 amide bonds. The zero-order valence-electron chi connectivity index (χ0n) is 9.49. The molecule has 0 unspecified atom stereocenters. The van der Waals surface area contributed by atoms with Crippen LogP contribution in [0.2, 0.25) is 0 Å². The lowest BCUT2D eigenvalue weighted by molar-refractivity contribution is 0.0885. The van der Waals surface area contributed by atoms with Gasteiger partial charge in [-0.3, -0.25) is 4.79 Å². The number of rotatable bonds is 0. The van der Waals surface area contributed by atoms with Crippen LogP contribution in [0, 0.1) is 0 Å². The molecule has 3 atom stereocenters. The van der Waals surface area contributed by atoms with Crippen molar-refractivity contribution in [2.75, 3.05) is 5.32 Å². The SMILES string of the molecule is O=C1N[C@]2(C[C@H]3CC[C@@H]2N3)Nc2ccccc21. The van der Waals surface area contributed by atoms with Crippen LogP contribution in [0.3, 0.4) is 0 Å². The lowest BCUT2D eigenvalue weighted by atomic mass is 9.86. The number of benzene rings is 1. The van der Waals surface area contributed by atoms with Gasteiger partial charge in [0.2, 0.25) is 0 Å². The van der Waals surface area contributed by atoms with Crippen molar-refractivity contribution in [2.45, 2.75) is 37.0 Å². The van der Waals surface area contributed by atoms with Crippen LogP contribution in [-0.2, 0) is 0 Å². The molecule has 1 aromatic rings. The molecular formula is C13H15N3O. The van der Waals surface area contributed by atoms with Crippen molar-refractivity contribution in [1.29, 1.82) is 0 Å². The number of hydrogen-bond donors (Lipinski definition) is 3. The number of fused-ring (bicyclic) bond motifs is 4. The first kappa shape index (κ1) is 9.48. The molecule has 1 spiro atoms. The van der Waals surface area contributed by atoms with Gasteiger partial charge in [-0.2, -0.15) is 0 Å². The van der Waals surface area contributed by atoms with Gasteiger partial charge in [0.25, 0.3) is 5.91 Å². The van der Waals surface area contributed by atoms with E-state index in [4.69, 9.17) is 0 Å². The molecule has 1 aromatic carbocycles. The predicted molar refractivity (Wildman–Crippen MR) is 64.8 cm³/mol. The summed E-state index contributed by atoms with van der Waals surface area (Å²) in [6.45, 7) is 0. The van der Waals surface area contributed by atoms with Crippen LogP contribution in [0.4, 0.5) is 5.69 Å². The average Bonchev–Trinajstić information content (AvgIpc) is 2.89. The van der Waals surface area contributed by atoms with Crippen LogP contribution in [0.5, 0.6) is 0 Å². The van der Waals surface area contributed by atoms with Gasteiger partial charge >= 0.3 is 0 Å². The van der Waals surface area contributed by atoms with E-state index in [9.17, 15) is 4.79 Å². The molecule has 4 rings (SSSR count). The molecule has 0 aliphatic carbocycles. The first-order valence-corrected chi connectivity index (χ1v) is 6.23. The maximum atomic E-state index is 12.1. The molecule has 0 saturated carbocycles. The molecule has 0 aromatic heterocycles. The third-order valence-electron chi connectivity index (χ3n) is 4.27. The largest absolute Gasteiger partial charge is 0.361 e. The van der Waals surface area contributed by atoms with Crippen LogP contribution in [0.1, 0.15) is 29.6 Å². The van der Waals surface area contributed by atoms with Gasteiger partial charge in [-0.25, -0.2) is 0 Å². The molecule has 2 saturated heterocycles. The van der Waals surface area contributed by atoms with Gasteiger partial charge in [0.15, 0.2) is 0 Å². The molecule has 4 nitrogen and oxygen atoms in total. The van der Waals surface area contributed by atoms with Crippen molar-refractivity contribution >= 4 is 11.6 Å². The third kappa shape index (κ3) is 1.19. The quantitative estimate of drug-likeness (QED) is 0.623. The second-order valence-electron chi connectivity index (χ2n) is 5.29. The first-order chi connectivity index (χ1) is 8.27. The van der Waals surface area contributed by atoms with E-state index in [1.165, 1.54) is 6.42 Å². The van der Waals surface area contributed by atoms with Crippen LogP contribution in [0.15, 0.2) is 24.3 Å². The van der Waals surface area contributed by atoms with Gasteiger partial charge in [-0.15, -0.1) is 0 Å². The molecule has 3 aliphatic heterocycles. The average molecular weight is 229 g/mol. The van der Waals surface area contributed by atoms with Crippen molar-refractivity contribution in [2.24, 2.45) is 0 Å². The minimum Gasteiger partial charge on any atom is -0.361 e. The fourth-order valence-electron chi connectivity index (χ4n) is 3.51. The second-order valence-corrected chi connectivity index (χ2v) is 5.29. The summed E-state index contributed by atoms with van der Waals surface area (Å²) in [5, 5.41) is 10.3. The lowest BCUT2D eigenvalue weighted by Gasteiger charge is -2.42. The van der Waals surface area contributed by atoms with Crippen molar-refractivity contribution < 1.29 is 4.79 Å². The van der Waals surface area contributed by atoms with E-state index in [2.05, 4.69) is 16.0 Å². The van der Waals surface area contributed by atoms with Gasteiger partial charge in [0.05, 0.1) is 5.56 Å². The van der Waals surface area contributed by atoms with Crippen molar-refractivity contribution in [3.05, 3.63) is 29.8 Å². The molecule has 3 N–H and O–H groups in total. The van der Waals surface area contributed by atoms with E-state index in [-0.39, 0.29) is 11.6 Å². The van der Waals surface area contributed by atoms with Gasteiger partial charge in [-0.05, 0) is 25.0 Å². The van der Waals surface area contributed by atoms with Crippen LogP contribution in [0.25, 0.3) is 0 Å². The Morgan fingerprint density at radius 1 is 1.18 bits per heavy atom. The second kappa shape index (κ2) is 3.01. The van der Waals surface area contributed by atoms with Crippen molar-refractivity contribution in [3.8, 4) is 0 Å². The maximum absolute atomic E-state index is 12.1. The highest BCUT2D eigenvalue weighted by Gasteiger charge is 2.53. The van der Waals surface area contributed by atoms with Gasteiger partial charge in [0, 0.05) is 24.2 Å². The number of carbonyl (C=O) groups excluding carboxylic acids is 1. The topological polar surface area (TPSA) is 53.2 Å². The summed E-state index contributed by atoms with van der Waals surface area (Å²) in [5.74, 6) is 0.0497. The normalized spacial score (nSPS) is 37.8. The Hall–Kier alpha value is -1.55. The van der Waals surface area contributed by atoms with E-state index < -0.39 is 0 Å². The molecule has 88 valence electrons. The number of anilines is 1. The van der Waals surface area contributed by atoms with Gasteiger partial charge in [0.1, 0.15) is 5.66 Å². The lowest BCUT2D eigenvalue weighted by Crippen LogP contribution is -2.63. The minimum atomic E-state index is -0.256. The highest BCUT2D eigenvalue weighted by atomic mass is 16.2. The Balaban J connectivity index is 1.77. The van der Waals surface area contributed by atoms with Crippen molar-refractivity contribution in [1.82, 2.24) is 10.6 Å². The Bertz CT molecular complexity index is 501. The zero-order valence-corrected chi connectivity index (χ0v) is 9.49. The van der Waals surface area contributed by atoms with E-state index in [0.717, 1.165) is 24.1 Å². The Kier molecular flexibility index (Phi) is 1.68. The summed E-state index contributed by atoms with van der Waals surface area (Å²) in [5.41, 5.74) is 1.46. The predicted octanol–water partition coefficient (Wildman–Crippen LogP) is 1.06. The minimum absolute atomic E-state index is 0.0497. The molecule has 2 bridgehead atoms. The van der Waals surface area contributed by atoms with Gasteiger partial charge in [-0.1, -0.05) is 12.1 Å². The summed E-state index contributed by atoms with van der Waals surface area (Å²) in [4.78, 5) is 12.1. The fraction of sp³-hybridized carbons (Fsp3) is 0.462. The molecule has 3 aliphatic rings. The van der Waals surface area contributed by atoms with E-state index in [1.54, 1.807) is 0 Å². The molecular weight excluding hydrogens is 214 g/mol. The molecule has 2 fully saturated rings. The number of para-hydroxylation sites is 1. The standard InChI is InChI=1S/C13H15N3O/c17-12-9-3-1-2-4-10(9)15-13(16-12)7-8-5-6-11(13)14-8/h1-4,8,11,14-15H,5-7H2,(H,16,17)/t8-,11+,13+/m1/s1. The Morgan fingerprint density at radius 2 is 2.06 bits per heavy atom. The summed E-state index contributed by atoms with van der Waals surface area (Å²) in [6.07, 6.45) is 3.35. The van der Waals surface area contributed by atoms with Crippen LogP contribution >= 0.6 is 0 Å². The third-order valence-corrected chi connectivity index (χ3v) is 4.27. The van der Waals surface area contributed by atoms with Crippen LogP contribution in [-0.4, -0.2) is 23.7 Å². The first-order valence-electron chi connectivity index (χ1n) is 6.23. The number of amides is 1. The summed E-state index contributed by atoms with van der Waals surface area (Å²) in [6, 6.07) is 8.64. The summed E-state index contributed by atoms with van der Waals surface area (Å²) >= 11 is 0. The molecule has 17 heavy (non-hydrogen) atoms. The molecule has 0 radical (unpaired) electrons. The zero-order chi connectivity index (χ0) is 11.5. The number of nitrogens with one attached hydrogen (secondary N) is 3. The van der Waals surface area contributed by atoms with Gasteiger partial charge < -0.3 is 16.0 Å². The maximum Gasteiger partial charge on any atom is 0.255 e. The summed E-state index contributed by atoms with van der Waals surface area (Å²) in [7, 11) is 0. The Labute approximate surface area is 99.8 Å². The van der Waals surface area contributed by atoms with Crippen molar-refractivity contribution in [3.63, 3.8) is 0 Å². The van der Waals surface area contributed by atoms with E-state index >= 15 is 0 Å². The summed E-state index contributed by atoms with van der Waals surface area (Å²) < 4.78 is 0. The Morgan fingerprint density at radius 3 is 2.82 bits per heavy atom. The smallest absolute Gasteiger partial charge is 0.255 e. The monoisotopic (exact) mass is 229 g/mol. The fourth-order valence-corrected chi connectivity index (χ4v) is 3.51. The highest BCUT2D eigenvalue weighted by Crippen LogP contribution is 2.40. The molecule has 3 heterocycles. The van der Waals surface area contributed by atoms with E-state index in [1.807, 2.05) is 24.3 Å². The van der Waals surface area contributed by atoms with E-state index in [0.29, 0.717) is 12.1 Å². The highest BCUT2D eigenvalue weighted by molar-refractivity contribution is 6.02. The van der Waals surface area contributed by atoms with Crippen LogP contribution < -0.4 is 16.0 Å². The molecule has 4 heteroatoms. The number of hydrogen-bond acceptors (Lipinski definition) is 3. The number of carbonyl (C=O) groups is 1.